The zero-order valence-corrected chi connectivity index (χ0v) is 13.0. The number of pyridine rings is 1. The summed E-state index contributed by atoms with van der Waals surface area (Å²) in [6.07, 6.45) is 2.43. The predicted octanol–water partition coefficient (Wildman–Crippen LogP) is 2.63. The number of fused-ring (bicyclic) bond motifs is 3. The van der Waals surface area contributed by atoms with Gasteiger partial charge in [-0.3, -0.25) is 0 Å². The summed E-state index contributed by atoms with van der Waals surface area (Å²) in [4.78, 5) is 8.78. The van der Waals surface area contributed by atoms with Gasteiger partial charge in [0.2, 0.25) is 5.95 Å². The van der Waals surface area contributed by atoms with Crippen LogP contribution in [-0.2, 0) is 4.74 Å². The molecule has 23 heavy (non-hydrogen) atoms. The van der Waals surface area contributed by atoms with E-state index in [0.717, 1.165) is 18.5 Å². The Balaban J connectivity index is 1.47. The standard InChI is InChI=1S/C18H20FN3O/c19-17-15-4-2-1-3-13(15)9-16(20-17)22-11-18(23-12-22)10-21-7-5-14(18)6-8-21/h1-4,9,14H,5-8,10-12H2/t18-/m1/s1. The average Bonchev–Trinajstić information content (AvgIpc) is 2.99. The van der Waals surface area contributed by atoms with Gasteiger partial charge >= 0.3 is 0 Å². The molecule has 2 aromatic rings. The summed E-state index contributed by atoms with van der Waals surface area (Å²) >= 11 is 0. The van der Waals surface area contributed by atoms with Crippen LogP contribution >= 0.6 is 0 Å². The van der Waals surface area contributed by atoms with Crippen LogP contribution in [0.1, 0.15) is 12.8 Å². The Labute approximate surface area is 134 Å². The normalized spacial score (nSPS) is 33.0. The van der Waals surface area contributed by atoms with Crippen LogP contribution in [0.15, 0.2) is 30.3 Å². The molecule has 1 spiro atoms. The topological polar surface area (TPSA) is 28.6 Å². The van der Waals surface area contributed by atoms with Crippen LogP contribution in [0.25, 0.3) is 10.8 Å². The molecule has 0 aliphatic carbocycles. The van der Waals surface area contributed by atoms with Crippen molar-refractivity contribution in [3.63, 3.8) is 0 Å². The highest BCUT2D eigenvalue weighted by molar-refractivity contribution is 5.84. The summed E-state index contributed by atoms with van der Waals surface area (Å²) in [5, 5.41) is 1.47. The van der Waals surface area contributed by atoms with E-state index in [9.17, 15) is 4.39 Å². The summed E-state index contributed by atoms with van der Waals surface area (Å²) < 4.78 is 20.6. The molecular weight excluding hydrogens is 293 g/mol. The maximum absolute atomic E-state index is 14.3. The van der Waals surface area contributed by atoms with E-state index in [0.29, 0.717) is 23.9 Å². The third-order valence-electron chi connectivity index (χ3n) is 5.79. The highest BCUT2D eigenvalue weighted by Crippen LogP contribution is 2.42. The second-order valence-corrected chi connectivity index (χ2v) is 7.08. The molecule has 0 saturated carbocycles. The first-order valence-electron chi connectivity index (χ1n) is 8.40. The van der Waals surface area contributed by atoms with E-state index >= 15 is 0 Å². The lowest BCUT2D eigenvalue weighted by atomic mass is 9.75. The SMILES string of the molecule is Fc1nc(N2CO[C@]3(CN4CCC3CC4)C2)cc2ccccc12. The van der Waals surface area contributed by atoms with Crippen molar-refractivity contribution in [2.24, 2.45) is 5.92 Å². The first-order chi connectivity index (χ1) is 11.2. The number of ether oxygens (including phenoxy) is 1. The molecule has 0 unspecified atom stereocenters. The number of anilines is 1. The maximum atomic E-state index is 14.3. The monoisotopic (exact) mass is 313 g/mol. The number of aromatic nitrogens is 1. The van der Waals surface area contributed by atoms with E-state index in [2.05, 4.69) is 14.8 Å². The summed E-state index contributed by atoms with van der Waals surface area (Å²) in [6, 6.07) is 9.46. The largest absolute Gasteiger partial charge is 0.351 e. The fraction of sp³-hybridized carbons (Fsp3) is 0.500. The van der Waals surface area contributed by atoms with E-state index in [-0.39, 0.29) is 5.60 Å². The van der Waals surface area contributed by atoms with E-state index in [1.807, 2.05) is 24.3 Å². The first-order valence-corrected chi connectivity index (χ1v) is 8.40. The molecule has 1 atom stereocenters. The van der Waals surface area contributed by atoms with Gasteiger partial charge in [0.25, 0.3) is 0 Å². The fourth-order valence-corrected chi connectivity index (χ4v) is 4.54. The highest BCUT2D eigenvalue weighted by atomic mass is 19.1. The van der Waals surface area contributed by atoms with Crippen molar-refractivity contribution < 1.29 is 9.13 Å². The first kappa shape index (κ1) is 13.7. The van der Waals surface area contributed by atoms with E-state index in [1.54, 1.807) is 6.07 Å². The molecule has 6 rings (SSSR count). The number of rotatable bonds is 1. The second kappa shape index (κ2) is 4.89. The van der Waals surface area contributed by atoms with Crippen LogP contribution in [0.3, 0.4) is 0 Å². The Morgan fingerprint density at radius 2 is 2.00 bits per heavy atom. The second-order valence-electron chi connectivity index (χ2n) is 7.08. The van der Waals surface area contributed by atoms with Crippen LogP contribution in [0.2, 0.25) is 0 Å². The molecule has 4 aliphatic heterocycles. The molecule has 0 amide bonds. The molecule has 1 aromatic carbocycles. The van der Waals surface area contributed by atoms with Crippen molar-refractivity contribution >= 4 is 16.6 Å². The van der Waals surface area contributed by atoms with Crippen molar-refractivity contribution in [2.75, 3.05) is 37.8 Å². The van der Waals surface area contributed by atoms with E-state index in [4.69, 9.17) is 4.74 Å². The Hall–Kier alpha value is -1.72. The molecule has 4 fully saturated rings. The van der Waals surface area contributed by atoms with Gasteiger partial charge in [-0.2, -0.15) is 4.39 Å². The van der Waals surface area contributed by atoms with Crippen LogP contribution in [0.5, 0.6) is 0 Å². The van der Waals surface area contributed by atoms with Crippen molar-refractivity contribution in [2.45, 2.75) is 18.4 Å². The van der Waals surface area contributed by atoms with Gasteiger partial charge in [-0.1, -0.05) is 18.2 Å². The van der Waals surface area contributed by atoms with Crippen molar-refractivity contribution in [1.29, 1.82) is 0 Å². The van der Waals surface area contributed by atoms with Crippen LogP contribution in [0.4, 0.5) is 10.2 Å². The Kier molecular flexibility index (Phi) is 2.91. The van der Waals surface area contributed by atoms with Gasteiger partial charge in [0.15, 0.2) is 0 Å². The number of hydrogen-bond acceptors (Lipinski definition) is 4. The smallest absolute Gasteiger partial charge is 0.222 e. The highest BCUT2D eigenvalue weighted by Gasteiger charge is 2.51. The minimum absolute atomic E-state index is 0.0830. The molecule has 120 valence electrons. The predicted molar refractivity (Wildman–Crippen MR) is 86.9 cm³/mol. The Morgan fingerprint density at radius 1 is 1.17 bits per heavy atom. The summed E-state index contributed by atoms with van der Waals surface area (Å²) in [7, 11) is 0. The number of benzene rings is 1. The van der Waals surface area contributed by atoms with Gasteiger partial charge in [0.05, 0.1) is 6.54 Å². The Morgan fingerprint density at radius 3 is 2.78 bits per heavy atom. The number of piperidine rings is 3. The van der Waals surface area contributed by atoms with Crippen molar-refractivity contribution in [3.8, 4) is 0 Å². The van der Waals surface area contributed by atoms with Gasteiger partial charge in [0, 0.05) is 11.9 Å². The van der Waals surface area contributed by atoms with Crippen LogP contribution in [0, 0.1) is 11.9 Å². The minimum Gasteiger partial charge on any atom is -0.351 e. The number of halogens is 1. The minimum atomic E-state index is -0.395. The maximum Gasteiger partial charge on any atom is 0.222 e. The fourth-order valence-electron chi connectivity index (χ4n) is 4.54. The van der Waals surface area contributed by atoms with Crippen molar-refractivity contribution in [3.05, 3.63) is 36.3 Å². The molecule has 5 heteroatoms. The molecule has 5 heterocycles. The lowest BCUT2D eigenvalue weighted by Gasteiger charge is -2.50. The third-order valence-corrected chi connectivity index (χ3v) is 5.79. The molecule has 4 saturated heterocycles. The van der Waals surface area contributed by atoms with Gasteiger partial charge in [-0.15, -0.1) is 0 Å². The average molecular weight is 313 g/mol. The zero-order chi connectivity index (χ0) is 15.4. The van der Waals surface area contributed by atoms with Crippen molar-refractivity contribution in [1.82, 2.24) is 9.88 Å². The zero-order valence-electron chi connectivity index (χ0n) is 13.0. The molecule has 0 radical (unpaired) electrons. The van der Waals surface area contributed by atoms with Gasteiger partial charge < -0.3 is 14.5 Å². The number of nitrogens with zero attached hydrogens (tertiary/aromatic N) is 3. The Bertz CT molecular complexity index is 759. The van der Waals surface area contributed by atoms with Crippen LogP contribution < -0.4 is 4.90 Å². The lowest BCUT2D eigenvalue weighted by Crippen LogP contribution is -2.61. The van der Waals surface area contributed by atoms with Gasteiger partial charge in [-0.05, 0) is 49.4 Å². The summed E-state index contributed by atoms with van der Waals surface area (Å²) in [5.41, 5.74) is -0.0830. The summed E-state index contributed by atoms with van der Waals surface area (Å²) in [5.74, 6) is 0.922. The molecule has 4 nitrogen and oxygen atoms in total. The molecule has 0 N–H and O–H groups in total. The molecule has 4 aliphatic rings. The van der Waals surface area contributed by atoms with Crippen LogP contribution in [-0.4, -0.2) is 48.4 Å². The van der Waals surface area contributed by atoms with Gasteiger partial charge in [-0.25, -0.2) is 4.98 Å². The van der Waals surface area contributed by atoms with E-state index < -0.39 is 5.95 Å². The number of hydrogen-bond donors (Lipinski definition) is 0. The molecular formula is C18H20FN3O. The quantitative estimate of drug-likeness (QED) is 0.757. The van der Waals surface area contributed by atoms with E-state index in [1.165, 1.54) is 25.9 Å². The molecule has 2 bridgehead atoms. The summed E-state index contributed by atoms with van der Waals surface area (Å²) in [6.45, 7) is 4.72. The van der Waals surface area contributed by atoms with Gasteiger partial charge in [0.1, 0.15) is 18.1 Å². The third kappa shape index (κ3) is 2.07. The lowest BCUT2D eigenvalue weighted by molar-refractivity contribution is -0.116. The molecule has 1 aromatic heterocycles.